The van der Waals surface area contributed by atoms with Crippen LogP contribution in [0.2, 0.25) is 0 Å². The van der Waals surface area contributed by atoms with Gasteiger partial charge in [0.15, 0.2) is 6.71 Å². The molecule has 7 aromatic carbocycles. The second-order valence-corrected chi connectivity index (χ2v) is 16.2. The van der Waals surface area contributed by atoms with Crippen LogP contribution in [0.4, 0.5) is 0 Å². The molecule has 1 aliphatic heterocycles. The van der Waals surface area contributed by atoms with E-state index < -0.39 is 0 Å². The maximum Gasteiger partial charge on any atom is 2.00 e. The van der Waals surface area contributed by atoms with Crippen LogP contribution in [0, 0.1) is 24.3 Å². The molecule has 0 radical (unpaired) electrons. The van der Waals surface area contributed by atoms with Gasteiger partial charge in [-0.05, 0) is 41.8 Å². The molecule has 318 valence electrons. The first-order valence-electron chi connectivity index (χ1n) is 21.6. The number of nitrogens with zero attached hydrogens (tertiary/aromatic N) is 6. The number of hydrogen-bond acceptors (Lipinski definition) is 5. The van der Waals surface area contributed by atoms with Crippen molar-refractivity contribution in [1.82, 2.24) is 29.1 Å². The average Bonchev–Trinajstić information content (AvgIpc) is 4.00. The van der Waals surface area contributed by atoms with Crippen molar-refractivity contribution in [2.75, 3.05) is 0 Å². The van der Waals surface area contributed by atoms with Crippen LogP contribution in [-0.2, 0) is 42.1 Å². The third-order valence-corrected chi connectivity index (χ3v) is 12.6. The molecule has 0 bridgehead atoms. The predicted octanol–water partition coefficient (Wildman–Crippen LogP) is 7.46. The minimum Gasteiger partial charge on any atom is -0.509 e. The zero-order valence-electron chi connectivity index (χ0n) is 35.4. The summed E-state index contributed by atoms with van der Waals surface area (Å²) in [5, 5.41) is 4.17. The molecule has 0 amide bonds. The first kappa shape index (κ1) is 42.5. The summed E-state index contributed by atoms with van der Waals surface area (Å²) in [6.45, 7) is -0.211. The molecule has 0 N–H and O–H groups in total. The summed E-state index contributed by atoms with van der Waals surface area (Å²) in [6, 6.07) is 73.5. The quantitative estimate of drug-likeness (QED) is 0.117. The van der Waals surface area contributed by atoms with Crippen molar-refractivity contribution in [1.29, 1.82) is 0 Å². The molecule has 12 aromatic rings. The van der Waals surface area contributed by atoms with Gasteiger partial charge in [-0.15, -0.1) is 35.2 Å². The molecule has 0 saturated carbocycles. The molecule has 5 aromatic heterocycles. The molecular formula is C56H32B2N6OPt2. The van der Waals surface area contributed by atoms with Crippen molar-refractivity contribution in [3.8, 4) is 34.4 Å². The number of fused-ring (bicyclic) bond motifs is 9. The van der Waals surface area contributed by atoms with Gasteiger partial charge in [0.25, 0.3) is 0 Å². The van der Waals surface area contributed by atoms with E-state index in [0.717, 1.165) is 76.9 Å². The van der Waals surface area contributed by atoms with E-state index in [4.69, 9.17) is 24.7 Å². The van der Waals surface area contributed by atoms with Crippen LogP contribution in [0.3, 0.4) is 0 Å². The Bertz CT molecular complexity index is 3780. The molecule has 0 fully saturated rings. The van der Waals surface area contributed by atoms with Gasteiger partial charge in [-0.2, -0.15) is 75.7 Å². The van der Waals surface area contributed by atoms with Crippen LogP contribution in [0.25, 0.3) is 66.5 Å². The summed E-state index contributed by atoms with van der Waals surface area (Å²) in [4.78, 5) is 19.1. The maximum atomic E-state index is 6.63. The minimum absolute atomic E-state index is 0. The summed E-state index contributed by atoms with van der Waals surface area (Å²) in [7, 11) is 0. The minimum atomic E-state index is -0.183. The Morgan fingerprint density at radius 1 is 0.448 bits per heavy atom. The predicted molar refractivity (Wildman–Crippen MR) is 262 cm³/mol. The molecule has 0 atom stereocenters. The van der Waals surface area contributed by atoms with E-state index in [1.54, 1.807) is 12.4 Å². The van der Waals surface area contributed by atoms with Crippen molar-refractivity contribution >= 4 is 89.9 Å². The van der Waals surface area contributed by atoms with Crippen molar-refractivity contribution in [3.05, 3.63) is 219 Å². The Labute approximate surface area is 416 Å². The molecule has 0 aliphatic carbocycles. The Balaban J connectivity index is 0.00000247. The largest absolute Gasteiger partial charge is 2.00 e. The molecule has 0 unspecified atom stereocenters. The second kappa shape index (κ2) is 17.6. The number of rotatable bonds is 8. The van der Waals surface area contributed by atoms with Gasteiger partial charge in [0.2, 0.25) is 12.7 Å². The third-order valence-electron chi connectivity index (χ3n) is 12.6. The van der Waals surface area contributed by atoms with E-state index in [1.807, 2.05) is 65.5 Å². The maximum absolute atomic E-state index is 6.63. The third kappa shape index (κ3) is 7.17. The van der Waals surface area contributed by atoms with Gasteiger partial charge in [0.1, 0.15) is 5.82 Å². The van der Waals surface area contributed by atoms with Gasteiger partial charge in [0, 0.05) is 47.4 Å². The fourth-order valence-electron chi connectivity index (χ4n) is 9.81. The topological polar surface area (TPSA) is 70.7 Å². The summed E-state index contributed by atoms with van der Waals surface area (Å²) < 4.78 is 10.8. The molecule has 13 rings (SSSR count). The monoisotopic (exact) mass is 1220 g/mol. The molecule has 0 spiro atoms. The van der Waals surface area contributed by atoms with Gasteiger partial charge in [-0.1, -0.05) is 118 Å². The molecule has 1 aliphatic rings. The van der Waals surface area contributed by atoms with E-state index in [1.165, 1.54) is 16.6 Å². The van der Waals surface area contributed by atoms with Crippen molar-refractivity contribution < 1.29 is 46.9 Å². The van der Waals surface area contributed by atoms with Crippen LogP contribution >= 0.6 is 0 Å². The Hall–Kier alpha value is -7.17. The average molecular weight is 1220 g/mol. The van der Waals surface area contributed by atoms with Gasteiger partial charge in [0.05, 0.1) is 0 Å². The van der Waals surface area contributed by atoms with Crippen LogP contribution < -0.4 is 37.6 Å². The summed E-state index contributed by atoms with van der Waals surface area (Å²) in [5.41, 5.74) is 12.5. The number of para-hydroxylation sites is 1. The van der Waals surface area contributed by atoms with Crippen molar-refractivity contribution in [2.24, 2.45) is 0 Å². The van der Waals surface area contributed by atoms with Crippen LogP contribution in [0.1, 0.15) is 0 Å². The normalized spacial score (nSPS) is 11.6. The number of pyridine rings is 2. The van der Waals surface area contributed by atoms with Crippen molar-refractivity contribution in [3.63, 3.8) is 0 Å². The second-order valence-electron chi connectivity index (χ2n) is 16.2. The molecular weight excluding hydrogens is 1180 g/mol. The first-order chi connectivity index (χ1) is 32.2. The summed E-state index contributed by atoms with van der Waals surface area (Å²) >= 11 is 0. The van der Waals surface area contributed by atoms with Crippen LogP contribution in [0.5, 0.6) is 11.5 Å². The van der Waals surface area contributed by atoms with E-state index in [-0.39, 0.29) is 55.6 Å². The van der Waals surface area contributed by atoms with E-state index in [2.05, 4.69) is 150 Å². The van der Waals surface area contributed by atoms with Gasteiger partial charge in [-0.3, -0.25) is 4.98 Å². The Morgan fingerprint density at radius 2 is 1.06 bits per heavy atom. The standard InChI is InChI=1S/C56H32B2N6O.2Pt/c1-2-13-37(14-3-1)57(38-21-25-43-42-15-4-6-17-48(42)58(49(43)33-38)54-19-8-10-29-59-54)39-22-26-45-47-28-24-41(36-53(47)64(51(45)34-39)56-61-31-12-32-62-56)65-40-23-27-46-44-16-5-7-18-50(44)63(52(46)35-40)55-20-9-11-30-60-55;;/h1-32H;;/q-4;2*+2. The van der Waals surface area contributed by atoms with Gasteiger partial charge in [-0.25, -0.2) is 15.0 Å². The molecule has 7 nitrogen and oxygen atoms in total. The van der Waals surface area contributed by atoms with Crippen LogP contribution in [0.15, 0.2) is 195 Å². The smallest absolute Gasteiger partial charge is 0.509 e. The first-order valence-corrected chi connectivity index (χ1v) is 21.6. The van der Waals surface area contributed by atoms with E-state index >= 15 is 0 Å². The summed E-state index contributed by atoms with van der Waals surface area (Å²) in [6.07, 6.45) is 7.21. The number of benzene rings is 7. The molecule has 11 heteroatoms. The zero-order valence-corrected chi connectivity index (χ0v) is 39.9. The molecule has 67 heavy (non-hydrogen) atoms. The Morgan fingerprint density at radius 3 is 1.82 bits per heavy atom. The number of aromatic nitrogens is 6. The molecule has 6 heterocycles. The van der Waals surface area contributed by atoms with Gasteiger partial charge >= 0.3 is 42.1 Å². The Kier molecular flexibility index (Phi) is 11.1. The fourth-order valence-corrected chi connectivity index (χ4v) is 9.81. The number of ether oxygens (including phenoxy) is 1. The van der Waals surface area contributed by atoms with Crippen LogP contribution in [-0.4, -0.2) is 42.5 Å². The van der Waals surface area contributed by atoms with Gasteiger partial charge < -0.3 is 13.9 Å². The van der Waals surface area contributed by atoms with E-state index in [9.17, 15) is 0 Å². The van der Waals surface area contributed by atoms with Crippen molar-refractivity contribution in [2.45, 2.75) is 0 Å². The number of hydrogen-bond donors (Lipinski definition) is 0. The van der Waals surface area contributed by atoms with E-state index in [0.29, 0.717) is 17.4 Å². The molecule has 0 saturated heterocycles. The zero-order chi connectivity index (χ0) is 42.8. The fraction of sp³-hybridized carbons (Fsp3) is 0. The summed E-state index contributed by atoms with van der Waals surface area (Å²) in [5.74, 6) is 2.42. The SMILES string of the molecule is [Pt+2].[Pt+2].[c-]1c(B(c2[c-]c3c(cc2)c2ccc(Oc4[c-]c5c(cc4)c4ccccc4n5-c4ccccn4)[c-]c2n3-c2ncccn2)c2ccccc2)ccc2c1B(c1ccccn1)c1ccccc1-2.